The van der Waals surface area contributed by atoms with Gasteiger partial charge in [0.1, 0.15) is 18.0 Å². The fourth-order valence-corrected chi connectivity index (χ4v) is 2.57. The van der Waals surface area contributed by atoms with E-state index in [0.717, 1.165) is 16.2 Å². The van der Waals surface area contributed by atoms with Crippen molar-refractivity contribution in [2.45, 2.75) is 6.54 Å². The molecule has 2 N–H and O–H groups in total. The third kappa shape index (κ3) is 5.18. The first-order valence-corrected chi connectivity index (χ1v) is 7.99. The smallest absolute Gasteiger partial charge is 0.279 e. The molecular weight excluding hydrogens is 338 g/mol. The van der Waals surface area contributed by atoms with Crippen LogP contribution < -0.4 is 19.7 Å². The molecule has 0 spiro atoms. The lowest BCUT2D eigenvalue weighted by molar-refractivity contribution is -0.885. The van der Waals surface area contributed by atoms with Crippen molar-refractivity contribution in [1.82, 2.24) is 0 Å². The Labute approximate surface area is 151 Å². The second-order valence-electron chi connectivity index (χ2n) is 5.85. The molecule has 0 saturated carbocycles. The van der Waals surface area contributed by atoms with Crippen LogP contribution in [0.5, 0.6) is 11.5 Å². The fourth-order valence-electron chi connectivity index (χ4n) is 2.57. The average Bonchev–Trinajstić information content (AvgIpc) is 2.61. The van der Waals surface area contributed by atoms with Gasteiger partial charge in [-0.05, 0) is 18.2 Å². The van der Waals surface area contributed by atoms with Gasteiger partial charge in [-0.15, -0.1) is 0 Å². The van der Waals surface area contributed by atoms with Crippen molar-refractivity contribution < 1.29 is 24.1 Å². The van der Waals surface area contributed by atoms with Crippen LogP contribution in [0.4, 0.5) is 11.4 Å². The first kappa shape index (κ1) is 19.2. The van der Waals surface area contributed by atoms with E-state index in [1.807, 2.05) is 31.3 Å². The predicted octanol–water partition coefficient (Wildman–Crippen LogP) is 1.27. The highest BCUT2D eigenvalue weighted by Gasteiger charge is 2.16. The van der Waals surface area contributed by atoms with Crippen LogP contribution in [0.1, 0.15) is 5.56 Å². The van der Waals surface area contributed by atoms with Gasteiger partial charge in [0.25, 0.3) is 11.6 Å². The molecule has 8 nitrogen and oxygen atoms in total. The highest BCUT2D eigenvalue weighted by atomic mass is 16.6. The Kier molecular flexibility index (Phi) is 6.51. The SMILES string of the molecule is COc1cccc(C[NH+](C)CC(=O)Nc2cc([N+](=O)[O-])ccc2OC)c1. The van der Waals surface area contributed by atoms with Crippen LogP contribution in [-0.4, -0.2) is 38.6 Å². The van der Waals surface area contributed by atoms with E-state index < -0.39 is 4.92 Å². The minimum atomic E-state index is -0.519. The zero-order valence-electron chi connectivity index (χ0n) is 14.9. The van der Waals surface area contributed by atoms with Crippen molar-refractivity contribution in [3.63, 3.8) is 0 Å². The van der Waals surface area contributed by atoms with Gasteiger partial charge >= 0.3 is 0 Å². The van der Waals surface area contributed by atoms with Gasteiger partial charge < -0.3 is 19.7 Å². The Balaban J connectivity index is 2.01. The minimum absolute atomic E-state index is 0.113. The molecule has 0 saturated heterocycles. The van der Waals surface area contributed by atoms with Crippen LogP contribution in [0.25, 0.3) is 0 Å². The lowest BCUT2D eigenvalue weighted by Crippen LogP contribution is -3.08. The summed E-state index contributed by atoms with van der Waals surface area (Å²) < 4.78 is 10.3. The molecule has 2 aromatic rings. The number of methoxy groups -OCH3 is 2. The number of hydrogen-bond donors (Lipinski definition) is 2. The zero-order chi connectivity index (χ0) is 19.1. The molecule has 1 unspecified atom stereocenters. The van der Waals surface area contributed by atoms with E-state index in [4.69, 9.17) is 9.47 Å². The van der Waals surface area contributed by atoms with Crippen molar-refractivity contribution in [2.75, 3.05) is 33.1 Å². The number of hydrogen-bond acceptors (Lipinski definition) is 5. The topological polar surface area (TPSA) is 95.1 Å². The molecule has 0 heterocycles. The number of nitrogens with zero attached hydrogens (tertiary/aromatic N) is 1. The van der Waals surface area contributed by atoms with E-state index in [1.165, 1.54) is 25.3 Å². The van der Waals surface area contributed by atoms with Crippen molar-refractivity contribution in [2.24, 2.45) is 0 Å². The van der Waals surface area contributed by atoms with E-state index in [0.29, 0.717) is 12.3 Å². The van der Waals surface area contributed by atoms with Crippen LogP contribution in [0.15, 0.2) is 42.5 Å². The number of rotatable bonds is 8. The largest absolute Gasteiger partial charge is 0.497 e. The number of benzene rings is 2. The molecule has 1 atom stereocenters. The van der Waals surface area contributed by atoms with Crippen LogP contribution in [0.2, 0.25) is 0 Å². The van der Waals surface area contributed by atoms with Gasteiger partial charge in [-0.2, -0.15) is 0 Å². The average molecular weight is 360 g/mol. The van der Waals surface area contributed by atoms with Crippen LogP contribution in [-0.2, 0) is 11.3 Å². The summed E-state index contributed by atoms with van der Waals surface area (Å²) in [6, 6.07) is 11.7. The molecule has 2 rings (SSSR count). The molecule has 0 aliphatic carbocycles. The molecule has 0 bridgehead atoms. The molecule has 1 amide bonds. The molecule has 26 heavy (non-hydrogen) atoms. The summed E-state index contributed by atoms with van der Waals surface area (Å²) in [6.07, 6.45) is 0. The molecule has 2 aromatic carbocycles. The number of likely N-dealkylation sites (N-methyl/N-ethyl adjacent to an activating group) is 1. The molecule has 0 aliphatic rings. The summed E-state index contributed by atoms with van der Waals surface area (Å²) in [5, 5.41) is 13.6. The van der Waals surface area contributed by atoms with Gasteiger partial charge in [0, 0.05) is 17.7 Å². The summed E-state index contributed by atoms with van der Waals surface area (Å²) in [7, 11) is 4.94. The van der Waals surface area contributed by atoms with Crippen LogP contribution in [0.3, 0.4) is 0 Å². The lowest BCUT2D eigenvalue weighted by atomic mass is 10.2. The first-order valence-electron chi connectivity index (χ1n) is 7.99. The maximum Gasteiger partial charge on any atom is 0.279 e. The van der Waals surface area contributed by atoms with Crippen LogP contribution in [0, 0.1) is 10.1 Å². The number of carbonyl (C=O) groups is 1. The minimum Gasteiger partial charge on any atom is -0.497 e. The number of non-ortho nitro benzene ring substituents is 1. The van der Waals surface area contributed by atoms with Crippen molar-refractivity contribution in [3.8, 4) is 11.5 Å². The highest BCUT2D eigenvalue weighted by molar-refractivity contribution is 5.93. The number of carbonyl (C=O) groups excluding carboxylic acids is 1. The third-order valence-corrected chi connectivity index (χ3v) is 3.77. The highest BCUT2D eigenvalue weighted by Crippen LogP contribution is 2.28. The molecule has 8 heteroatoms. The zero-order valence-corrected chi connectivity index (χ0v) is 14.9. The van der Waals surface area contributed by atoms with E-state index in [1.54, 1.807) is 7.11 Å². The predicted molar refractivity (Wildman–Crippen MR) is 96.7 cm³/mol. The van der Waals surface area contributed by atoms with Crippen molar-refractivity contribution in [1.29, 1.82) is 0 Å². The number of quaternary nitrogens is 1. The monoisotopic (exact) mass is 360 g/mol. The second-order valence-corrected chi connectivity index (χ2v) is 5.85. The van der Waals surface area contributed by atoms with Gasteiger partial charge in [-0.3, -0.25) is 14.9 Å². The summed E-state index contributed by atoms with van der Waals surface area (Å²) in [6.45, 7) is 0.833. The normalized spacial score (nSPS) is 11.5. The van der Waals surface area contributed by atoms with Crippen molar-refractivity contribution in [3.05, 3.63) is 58.1 Å². The first-order chi connectivity index (χ1) is 12.4. The Morgan fingerprint density at radius 3 is 2.62 bits per heavy atom. The quantitative estimate of drug-likeness (QED) is 0.546. The number of nitro benzene ring substituents is 1. The van der Waals surface area contributed by atoms with Crippen molar-refractivity contribution >= 4 is 17.3 Å². The Morgan fingerprint density at radius 1 is 1.19 bits per heavy atom. The summed E-state index contributed by atoms with van der Waals surface area (Å²) in [5.41, 5.74) is 1.21. The van der Waals surface area contributed by atoms with Gasteiger partial charge in [0.05, 0.1) is 31.9 Å². The molecule has 0 fully saturated rings. The number of nitrogens with one attached hydrogen (secondary N) is 2. The van der Waals surface area contributed by atoms with Gasteiger partial charge in [-0.1, -0.05) is 12.1 Å². The second kappa shape index (κ2) is 8.82. The molecular formula is C18H22N3O5+. The Morgan fingerprint density at radius 2 is 1.96 bits per heavy atom. The molecule has 0 radical (unpaired) electrons. The molecule has 138 valence electrons. The number of nitro groups is 1. The third-order valence-electron chi connectivity index (χ3n) is 3.77. The number of ether oxygens (including phenoxy) is 2. The standard InChI is InChI=1S/C18H21N3O5/c1-20(11-13-5-4-6-15(9-13)25-2)12-18(22)19-16-10-14(21(23)24)7-8-17(16)26-3/h4-10H,11-12H2,1-3H3,(H,19,22)/p+1. The number of anilines is 1. The van der Waals surface area contributed by atoms with Gasteiger partial charge in [0.15, 0.2) is 6.54 Å². The van der Waals surface area contributed by atoms with Gasteiger partial charge in [-0.25, -0.2) is 0 Å². The summed E-state index contributed by atoms with van der Waals surface area (Å²) in [5.74, 6) is 0.875. The Bertz CT molecular complexity index is 794. The maximum atomic E-state index is 12.3. The lowest BCUT2D eigenvalue weighted by Gasteiger charge is -2.15. The molecule has 0 aliphatic heterocycles. The van der Waals surface area contributed by atoms with E-state index >= 15 is 0 Å². The summed E-state index contributed by atoms with van der Waals surface area (Å²) >= 11 is 0. The fraction of sp³-hybridized carbons (Fsp3) is 0.278. The van der Waals surface area contributed by atoms with E-state index in [2.05, 4.69) is 5.32 Å². The summed E-state index contributed by atoms with van der Waals surface area (Å²) in [4.78, 5) is 23.7. The van der Waals surface area contributed by atoms with Gasteiger partial charge in [0.2, 0.25) is 0 Å². The van der Waals surface area contributed by atoms with Crippen LogP contribution >= 0.6 is 0 Å². The van der Waals surface area contributed by atoms with E-state index in [-0.39, 0.29) is 23.8 Å². The van der Waals surface area contributed by atoms with E-state index in [9.17, 15) is 14.9 Å². The Hall–Kier alpha value is -3.13. The number of amides is 1. The molecule has 0 aromatic heterocycles. The maximum absolute atomic E-state index is 12.3.